The van der Waals surface area contributed by atoms with Crippen molar-refractivity contribution in [2.75, 3.05) is 26.2 Å². The van der Waals surface area contributed by atoms with Crippen LogP contribution in [0.5, 0.6) is 0 Å². The summed E-state index contributed by atoms with van der Waals surface area (Å²) in [5.74, 6) is 0. The molecule has 1 aromatic rings. The first-order valence-corrected chi connectivity index (χ1v) is 8.09. The lowest BCUT2D eigenvalue weighted by Gasteiger charge is -2.39. The van der Waals surface area contributed by atoms with E-state index in [4.69, 9.17) is 5.73 Å². The summed E-state index contributed by atoms with van der Waals surface area (Å²) in [5, 5.41) is 0. The fourth-order valence-electron chi connectivity index (χ4n) is 3.82. The molecule has 0 saturated carbocycles. The maximum Gasteiger partial charge on any atom is 0.0238 e. The molecule has 0 amide bonds. The minimum Gasteiger partial charge on any atom is -0.329 e. The van der Waals surface area contributed by atoms with E-state index in [0.717, 1.165) is 19.1 Å². The molecule has 2 fully saturated rings. The summed E-state index contributed by atoms with van der Waals surface area (Å²) in [6.07, 6.45) is 5.32. The number of piperidine rings is 1. The smallest absolute Gasteiger partial charge is 0.0238 e. The van der Waals surface area contributed by atoms with Crippen LogP contribution >= 0.6 is 0 Å². The average molecular weight is 273 g/mol. The van der Waals surface area contributed by atoms with Gasteiger partial charge in [-0.05, 0) is 31.4 Å². The van der Waals surface area contributed by atoms with Crippen LogP contribution in [0.1, 0.15) is 31.2 Å². The van der Waals surface area contributed by atoms with Gasteiger partial charge in [0.1, 0.15) is 0 Å². The van der Waals surface area contributed by atoms with Gasteiger partial charge in [-0.1, -0.05) is 36.8 Å². The molecule has 3 rings (SSSR count). The highest BCUT2D eigenvalue weighted by atomic mass is 15.3. The van der Waals surface area contributed by atoms with Gasteiger partial charge in [0.15, 0.2) is 0 Å². The van der Waals surface area contributed by atoms with Gasteiger partial charge >= 0.3 is 0 Å². The van der Waals surface area contributed by atoms with Gasteiger partial charge in [-0.3, -0.25) is 9.80 Å². The Morgan fingerprint density at radius 3 is 2.70 bits per heavy atom. The zero-order chi connectivity index (χ0) is 13.8. The van der Waals surface area contributed by atoms with Crippen LogP contribution in [0.15, 0.2) is 30.3 Å². The minimum absolute atomic E-state index is 0.630. The molecule has 3 heteroatoms. The monoisotopic (exact) mass is 273 g/mol. The summed E-state index contributed by atoms with van der Waals surface area (Å²) in [6.45, 7) is 5.62. The maximum absolute atomic E-state index is 5.96. The number of benzene rings is 1. The van der Waals surface area contributed by atoms with E-state index in [0.29, 0.717) is 6.04 Å². The molecule has 2 aliphatic rings. The molecule has 2 N–H and O–H groups in total. The third-order valence-electron chi connectivity index (χ3n) is 4.91. The van der Waals surface area contributed by atoms with Crippen molar-refractivity contribution in [1.29, 1.82) is 0 Å². The first-order valence-electron chi connectivity index (χ1n) is 8.09. The summed E-state index contributed by atoms with van der Waals surface area (Å²) in [4.78, 5) is 5.30. The van der Waals surface area contributed by atoms with E-state index in [1.54, 1.807) is 0 Å². The molecule has 2 atom stereocenters. The molecule has 2 heterocycles. The maximum atomic E-state index is 5.96. The number of rotatable bonds is 4. The number of nitrogens with zero attached hydrogens (tertiary/aromatic N) is 2. The standard InChI is InChI=1S/C17H27N3/c18-12-16-8-4-5-10-20(16)17-9-11-19(14-17)13-15-6-2-1-3-7-15/h1-3,6-7,16-17H,4-5,8-14,18H2. The second-order valence-corrected chi connectivity index (χ2v) is 6.29. The lowest BCUT2D eigenvalue weighted by atomic mass is 9.99. The zero-order valence-electron chi connectivity index (χ0n) is 12.4. The van der Waals surface area contributed by atoms with Crippen LogP contribution in [0, 0.1) is 0 Å². The Kier molecular flexibility index (Phi) is 4.71. The van der Waals surface area contributed by atoms with Crippen molar-refractivity contribution in [3.63, 3.8) is 0 Å². The number of hydrogen-bond donors (Lipinski definition) is 1. The molecule has 0 aromatic heterocycles. The molecule has 110 valence electrons. The second-order valence-electron chi connectivity index (χ2n) is 6.29. The Labute approximate surface area is 122 Å². The molecule has 2 saturated heterocycles. The highest BCUT2D eigenvalue weighted by molar-refractivity contribution is 5.14. The molecule has 2 unspecified atom stereocenters. The third-order valence-corrected chi connectivity index (χ3v) is 4.91. The number of likely N-dealkylation sites (tertiary alicyclic amines) is 2. The Morgan fingerprint density at radius 2 is 1.90 bits per heavy atom. The molecule has 0 bridgehead atoms. The van der Waals surface area contributed by atoms with Gasteiger partial charge < -0.3 is 5.73 Å². The van der Waals surface area contributed by atoms with Crippen molar-refractivity contribution in [2.45, 2.75) is 44.3 Å². The Morgan fingerprint density at radius 1 is 1.05 bits per heavy atom. The van der Waals surface area contributed by atoms with Crippen molar-refractivity contribution in [1.82, 2.24) is 9.80 Å². The Bertz CT molecular complexity index is 406. The van der Waals surface area contributed by atoms with E-state index >= 15 is 0 Å². The third kappa shape index (κ3) is 3.22. The largest absolute Gasteiger partial charge is 0.329 e. The van der Waals surface area contributed by atoms with E-state index in [-0.39, 0.29) is 0 Å². The van der Waals surface area contributed by atoms with Gasteiger partial charge in [-0.25, -0.2) is 0 Å². The van der Waals surface area contributed by atoms with Crippen molar-refractivity contribution >= 4 is 0 Å². The Hall–Kier alpha value is -0.900. The molecule has 20 heavy (non-hydrogen) atoms. The predicted octanol–water partition coefficient (Wildman–Crippen LogP) is 2.07. The summed E-state index contributed by atoms with van der Waals surface area (Å²) in [6, 6.07) is 12.2. The van der Waals surface area contributed by atoms with Crippen LogP contribution in [0.4, 0.5) is 0 Å². The average Bonchev–Trinajstić information content (AvgIpc) is 2.96. The molecule has 2 aliphatic heterocycles. The van der Waals surface area contributed by atoms with Crippen LogP contribution in [-0.2, 0) is 6.54 Å². The van der Waals surface area contributed by atoms with Crippen molar-refractivity contribution < 1.29 is 0 Å². The van der Waals surface area contributed by atoms with Gasteiger partial charge in [0.2, 0.25) is 0 Å². The van der Waals surface area contributed by atoms with Gasteiger partial charge in [0.05, 0.1) is 0 Å². The van der Waals surface area contributed by atoms with Crippen LogP contribution in [0.25, 0.3) is 0 Å². The number of nitrogens with two attached hydrogens (primary N) is 1. The Balaban J connectivity index is 1.56. The molecule has 0 radical (unpaired) electrons. The highest BCUT2D eigenvalue weighted by Gasteiger charge is 2.32. The molecule has 0 spiro atoms. The van der Waals surface area contributed by atoms with E-state index < -0.39 is 0 Å². The summed E-state index contributed by atoms with van der Waals surface area (Å²) < 4.78 is 0. The van der Waals surface area contributed by atoms with Crippen LogP contribution in [0.3, 0.4) is 0 Å². The fourth-order valence-corrected chi connectivity index (χ4v) is 3.82. The highest BCUT2D eigenvalue weighted by Crippen LogP contribution is 2.25. The minimum atomic E-state index is 0.630. The molecule has 0 aliphatic carbocycles. The quantitative estimate of drug-likeness (QED) is 0.911. The van der Waals surface area contributed by atoms with E-state index in [9.17, 15) is 0 Å². The van der Waals surface area contributed by atoms with E-state index in [1.807, 2.05) is 0 Å². The van der Waals surface area contributed by atoms with Crippen molar-refractivity contribution in [3.05, 3.63) is 35.9 Å². The van der Waals surface area contributed by atoms with Gasteiger partial charge in [-0.2, -0.15) is 0 Å². The fraction of sp³-hybridized carbons (Fsp3) is 0.647. The first kappa shape index (κ1) is 14.1. The summed E-state index contributed by atoms with van der Waals surface area (Å²) in [5.41, 5.74) is 7.40. The first-order chi connectivity index (χ1) is 9.86. The molecular formula is C17H27N3. The number of hydrogen-bond acceptors (Lipinski definition) is 3. The summed E-state index contributed by atoms with van der Waals surface area (Å²) >= 11 is 0. The van der Waals surface area contributed by atoms with Gasteiger partial charge in [0.25, 0.3) is 0 Å². The van der Waals surface area contributed by atoms with Crippen LogP contribution in [0.2, 0.25) is 0 Å². The SMILES string of the molecule is NCC1CCCCN1C1CCN(Cc2ccccc2)C1. The predicted molar refractivity (Wildman–Crippen MR) is 83.5 cm³/mol. The van der Waals surface area contributed by atoms with Crippen LogP contribution in [-0.4, -0.2) is 48.1 Å². The van der Waals surface area contributed by atoms with Crippen molar-refractivity contribution in [2.24, 2.45) is 5.73 Å². The van der Waals surface area contributed by atoms with E-state index in [1.165, 1.54) is 50.9 Å². The van der Waals surface area contributed by atoms with Crippen molar-refractivity contribution in [3.8, 4) is 0 Å². The summed E-state index contributed by atoms with van der Waals surface area (Å²) in [7, 11) is 0. The van der Waals surface area contributed by atoms with Gasteiger partial charge in [0, 0.05) is 38.3 Å². The molecule has 3 nitrogen and oxygen atoms in total. The zero-order valence-corrected chi connectivity index (χ0v) is 12.4. The lowest BCUT2D eigenvalue weighted by molar-refractivity contribution is 0.101. The molecule has 1 aromatic carbocycles. The second kappa shape index (κ2) is 6.70. The lowest BCUT2D eigenvalue weighted by Crippen LogP contribution is -2.50. The van der Waals surface area contributed by atoms with Gasteiger partial charge in [-0.15, -0.1) is 0 Å². The molecular weight excluding hydrogens is 246 g/mol. The van der Waals surface area contributed by atoms with Crippen LogP contribution < -0.4 is 5.73 Å². The van der Waals surface area contributed by atoms with E-state index in [2.05, 4.69) is 40.1 Å². The topological polar surface area (TPSA) is 32.5 Å². The normalized spacial score (nSPS) is 28.9.